The molecule has 330 valence electrons. The first-order valence-corrected chi connectivity index (χ1v) is 26.3. The van der Waals surface area contributed by atoms with Crippen LogP contribution in [-0.4, -0.2) is 122 Å². The van der Waals surface area contributed by atoms with E-state index in [-0.39, 0.29) is 8.81 Å². The van der Waals surface area contributed by atoms with Gasteiger partial charge in [-0.15, -0.1) is 0 Å². The second-order valence-electron chi connectivity index (χ2n) is 14.9. The normalized spacial score (nSPS) is 16.5. The highest BCUT2D eigenvalue weighted by molar-refractivity contribution is 7.66. The molecule has 0 spiro atoms. The van der Waals surface area contributed by atoms with Gasteiger partial charge in [-0.05, 0) is 89.2 Å². The topological polar surface area (TPSA) is 123 Å². The number of ether oxygens (including phenoxy) is 1. The van der Waals surface area contributed by atoms with E-state index in [1.165, 1.54) is 0 Å². The van der Waals surface area contributed by atoms with Crippen LogP contribution in [0.4, 0.5) is 5.69 Å². The summed E-state index contributed by atoms with van der Waals surface area (Å²) in [5.74, 6) is 7.52. The zero-order valence-electron chi connectivity index (χ0n) is 37.2. The van der Waals surface area contributed by atoms with Gasteiger partial charge in [-0.25, -0.2) is 15.0 Å². The Kier molecular flexibility index (Phi) is 18.9. The number of rotatable bonds is 19. The molecule has 1 aliphatic rings. The number of hydrogen-bond acceptors (Lipinski definition) is 13. The summed E-state index contributed by atoms with van der Waals surface area (Å²) in [6.07, 6.45) is 0. The summed E-state index contributed by atoms with van der Waals surface area (Å²) in [5.41, 5.74) is 7.02. The van der Waals surface area contributed by atoms with Crippen molar-refractivity contribution in [2.75, 3.05) is 97.5 Å². The minimum Gasteiger partial charge on any atom is -0.495 e. The van der Waals surface area contributed by atoms with E-state index in [0.717, 1.165) is 97.4 Å². The lowest BCUT2D eigenvalue weighted by Gasteiger charge is -2.26. The molecule has 3 aromatic heterocycles. The van der Waals surface area contributed by atoms with Crippen molar-refractivity contribution in [2.24, 2.45) is 0 Å². The Balaban J connectivity index is 1.45. The lowest BCUT2D eigenvalue weighted by molar-refractivity contribution is 0.207. The van der Waals surface area contributed by atoms with Crippen LogP contribution in [0, 0.1) is 11.8 Å². The first-order chi connectivity index (χ1) is 29.4. The Labute approximate surface area is 365 Å². The predicted molar refractivity (Wildman–Crippen MR) is 250 cm³/mol. The molecule has 0 bridgehead atoms. The van der Waals surface area contributed by atoms with Crippen molar-refractivity contribution in [1.82, 2.24) is 29.7 Å². The maximum absolute atomic E-state index is 13.9. The smallest absolute Gasteiger partial charge is 0.247 e. The molecular formula is C45H64N7O6P3. The van der Waals surface area contributed by atoms with E-state index >= 15 is 0 Å². The Hall–Kier alpha value is -3.52. The second kappa shape index (κ2) is 23.8. The molecule has 1 fully saturated rings. The highest BCUT2D eigenvalue weighted by Gasteiger charge is 2.25. The van der Waals surface area contributed by atoms with Crippen molar-refractivity contribution in [3.8, 4) is 17.6 Å². The molecule has 1 aliphatic heterocycles. The standard InChI is InChI=1S/C45H64N7O6P3/c1-9-52(10-2)41-31-36(22-23-42(41)55-6)20-21-37-30-40(48-45(32-37)61(8,54)58-13-5)35-51-28-26-49(33-38-16-14-18-43(46-38)59-56-11-3)24-25-50(27-29-51)34-39-17-15-19-44(47-39)60(7,53)57-12-4/h14-19,22-23,30-32,59H,9-13,24-29,33-35H2,1-8H3. The molecule has 1 aromatic carbocycles. The third-order valence-corrected chi connectivity index (χ3v) is 14.9. The summed E-state index contributed by atoms with van der Waals surface area (Å²) in [6.45, 7) is 22.7. The van der Waals surface area contributed by atoms with Crippen LogP contribution in [0.1, 0.15) is 62.8 Å². The Morgan fingerprint density at radius 2 is 1.18 bits per heavy atom. The zero-order valence-corrected chi connectivity index (χ0v) is 40.0. The van der Waals surface area contributed by atoms with Crippen LogP contribution < -0.4 is 25.9 Å². The zero-order chi connectivity index (χ0) is 43.8. The van der Waals surface area contributed by atoms with Crippen LogP contribution in [0.15, 0.2) is 66.7 Å². The SMILES string of the molecule is CCOPc1cccc(CN2CCN(Cc3cccc(P(C)(=O)OCC)n3)CCN(Cc3cc(C#Cc4ccc(OC)c(N(CC)CC)c4)cc(P(C)(=O)OCC)n3)CC2)n1. The summed E-state index contributed by atoms with van der Waals surface area (Å²) < 4.78 is 50.0. The largest absolute Gasteiger partial charge is 0.495 e. The van der Waals surface area contributed by atoms with Crippen LogP contribution in [0.2, 0.25) is 0 Å². The van der Waals surface area contributed by atoms with Gasteiger partial charge < -0.3 is 23.2 Å². The van der Waals surface area contributed by atoms with E-state index in [2.05, 4.69) is 63.5 Å². The van der Waals surface area contributed by atoms with Crippen molar-refractivity contribution >= 4 is 45.5 Å². The van der Waals surface area contributed by atoms with Crippen LogP contribution >= 0.6 is 23.5 Å². The molecule has 16 heteroatoms. The summed E-state index contributed by atoms with van der Waals surface area (Å²) in [4.78, 5) is 24.2. The first kappa shape index (κ1) is 48.5. The van der Waals surface area contributed by atoms with Gasteiger partial charge in [-0.1, -0.05) is 24.0 Å². The summed E-state index contributed by atoms with van der Waals surface area (Å²) in [6, 6.07) is 21.6. The second-order valence-corrected chi connectivity index (χ2v) is 20.7. The van der Waals surface area contributed by atoms with Crippen LogP contribution in [0.25, 0.3) is 0 Å². The van der Waals surface area contributed by atoms with Gasteiger partial charge in [-0.2, -0.15) is 0 Å². The number of anilines is 1. The van der Waals surface area contributed by atoms with Crippen LogP contribution in [0.5, 0.6) is 5.75 Å². The molecule has 3 atom stereocenters. The van der Waals surface area contributed by atoms with Gasteiger partial charge in [0.1, 0.15) is 16.6 Å². The number of nitrogens with zero attached hydrogens (tertiary/aromatic N) is 7. The molecule has 0 amide bonds. The first-order valence-electron chi connectivity index (χ1n) is 21.3. The number of pyridine rings is 3. The molecule has 0 radical (unpaired) electrons. The maximum Gasteiger partial charge on any atom is 0.247 e. The monoisotopic (exact) mass is 891 g/mol. The summed E-state index contributed by atoms with van der Waals surface area (Å²) in [7, 11) is -4.36. The molecule has 3 unspecified atom stereocenters. The average Bonchev–Trinajstić information content (AvgIpc) is 3.33. The number of benzene rings is 1. The lowest BCUT2D eigenvalue weighted by atomic mass is 10.1. The molecule has 0 N–H and O–H groups in total. The minimum absolute atomic E-state index is 0.211. The summed E-state index contributed by atoms with van der Waals surface area (Å²) >= 11 is 0. The number of methoxy groups -OCH3 is 1. The van der Waals surface area contributed by atoms with Crippen molar-refractivity contribution in [3.05, 3.63) is 94.9 Å². The summed E-state index contributed by atoms with van der Waals surface area (Å²) in [5, 5.41) is 0. The van der Waals surface area contributed by atoms with Gasteiger partial charge >= 0.3 is 0 Å². The van der Waals surface area contributed by atoms with Gasteiger partial charge in [0.05, 0.1) is 57.3 Å². The van der Waals surface area contributed by atoms with E-state index < -0.39 is 14.7 Å². The van der Waals surface area contributed by atoms with Crippen molar-refractivity contribution in [1.29, 1.82) is 0 Å². The maximum atomic E-state index is 13.9. The van der Waals surface area contributed by atoms with Gasteiger partial charge in [0.25, 0.3) is 0 Å². The van der Waals surface area contributed by atoms with E-state index in [9.17, 15) is 9.13 Å². The van der Waals surface area contributed by atoms with Crippen LogP contribution in [0.3, 0.4) is 0 Å². The molecular weight excluding hydrogens is 827 g/mol. The van der Waals surface area contributed by atoms with E-state index in [4.69, 9.17) is 33.3 Å². The van der Waals surface area contributed by atoms with E-state index in [1.54, 1.807) is 32.6 Å². The molecule has 1 saturated heterocycles. The van der Waals surface area contributed by atoms with Crippen molar-refractivity contribution < 1.29 is 27.4 Å². The van der Waals surface area contributed by atoms with E-state index in [0.29, 0.717) is 50.3 Å². The Morgan fingerprint density at radius 1 is 0.639 bits per heavy atom. The highest BCUT2D eigenvalue weighted by Crippen LogP contribution is 2.41. The Bertz CT molecular complexity index is 2200. The lowest BCUT2D eigenvalue weighted by Crippen LogP contribution is -2.36. The Morgan fingerprint density at radius 3 is 1.75 bits per heavy atom. The van der Waals surface area contributed by atoms with Gasteiger partial charge in [0.2, 0.25) is 14.7 Å². The molecule has 4 aromatic rings. The fraction of sp³-hybridized carbons (Fsp3) is 0.489. The highest BCUT2D eigenvalue weighted by atomic mass is 31.2. The van der Waals surface area contributed by atoms with Gasteiger partial charge in [-0.3, -0.25) is 23.8 Å². The van der Waals surface area contributed by atoms with Crippen molar-refractivity contribution in [3.63, 3.8) is 0 Å². The van der Waals surface area contributed by atoms with Gasteiger partial charge in [0, 0.05) is 103 Å². The predicted octanol–water partition coefficient (Wildman–Crippen LogP) is 6.34. The number of hydrogen-bond donors (Lipinski definition) is 0. The van der Waals surface area contributed by atoms with Gasteiger partial charge in [0.15, 0.2) is 0 Å². The molecule has 5 rings (SSSR count). The number of aromatic nitrogens is 3. The minimum atomic E-state index is -3.23. The third kappa shape index (κ3) is 14.5. The fourth-order valence-electron chi connectivity index (χ4n) is 7.18. The molecule has 0 saturated carbocycles. The molecule has 0 aliphatic carbocycles. The molecule has 61 heavy (non-hydrogen) atoms. The van der Waals surface area contributed by atoms with Crippen molar-refractivity contribution in [2.45, 2.75) is 54.3 Å². The van der Waals surface area contributed by atoms with E-state index in [1.807, 2.05) is 57.2 Å². The van der Waals surface area contributed by atoms with Crippen LogP contribution in [-0.2, 0) is 42.3 Å². The fourth-order valence-corrected chi connectivity index (χ4v) is 10.4. The average molecular weight is 892 g/mol. The molecule has 13 nitrogen and oxygen atoms in total. The molecule has 4 heterocycles. The third-order valence-electron chi connectivity index (χ3n) is 10.4. The quantitative estimate of drug-likeness (QED) is 0.0770.